The lowest BCUT2D eigenvalue weighted by molar-refractivity contribution is 0.194. The smallest absolute Gasteiger partial charge is 0.317 e. The minimum Gasteiger partial charge on any atom is -0.396 e. The Morgan fingerprint density at radius 1 is 1.74 bits per heavy atom. The van der Waals surface area contributed by atoms with Crippen LogP contribution in [0.4, 0.5) is 4.79 Å². The Balaban J connectivity index is 1.93. The molecule has 2 rings (SSSR count). The zero-order valence-corrected chi connectivity index (χ0v) is 12.2. The van der Waals surface area contributed by atoms with E-state index in [0.717, 1.165) is 30.1 Å². The number of hydrogen-bond acceptors (Lipinski definition) is 4. The van der Waals surface area contributed by atoms with Gasteiger partial charge in [-0.25, -0.2) is 9.78 Å². The van der Waals surface area contributed by atoms with Crippen LogP contribution in [0.25, 0.3) is 0 Å². The number of nitrogens with one attached hydrogen (secondary N) is 1. The summed E-state index contributed by atoms with van der Waals surface area (Å²) in [7, 11) is 0. The number of aliphatic hydroxyl groups is 1. The lowest BCUT2D eigenvalue weighted by Crippen LogP contribution is -2.40. The van der Waals surface area contributed by atoms with Crippen LogP contribution in [0.3, 0.4) is 0 Å². The van der Waals surface area contributed by atoms with Crippen LogP contribution in [0.15, 0.2) is 5.38 Å². The third-order valence-electron chi connectivity index (χ3n) is 3.47. The molecule has 0 spiro atoms. The fourth-order valence-electron chi connectivity index (χ4n) is 2.28. The van der Waals surface area contributed by atoms with Crippen LogP contribution in [-0.4, -0.2) is 40.7 Å². The normalized spacial score (nSPS) is 20.6. The quantitative estimate of drug-likeness (QED) is 0.887. The van der Waals surface area contributed by atoms with Gasteiger partial charge in [-0.1, -0.05) is 6.92 Å². The fraction of sp³-hybridized carbons (Fsp3) is 0.692. The van der Waals surface area contributed by atoms with E-state index >= 15 is 0 Å². The maximum Gasteiger partial charge on any atom is 0.317 e. The number of aliphatic hydroxyl groups excluding tert-OH is 1. The molecule has 2 N–H and O–H groups in total. The van der Waals surface area contributed by atoms with Gasteiger partial charge in [0, 0.05) is 36.7 Å². The predicted octanol–water partition coefficient (Wildman–Crippen LogP) is 1.93. The van der Waals surface area contributed by atoms with Crippen LogP contribution in [0, 0.1) is 12.8 Å². The third-order valence-corrected chi connectivity index (χ3v) is 4.55. The monoisotopic (exact) mass is 283 g/mol. The van der Waals surface area contributed by atoms with Crippen LogP contribution >= 0.6 is 11.3 Å². The SMILES string of the molecule is CCC(NC(=O)N1CCC(CO)C1)c1nc(C)cs1. The van der Waals surface area contributed by atoms with E-state index in [-0.39, 0.29) is 24.6 Å². The maximum absolute atomic E-state index is 12.2. The Hall–Kier alpha value is -1.14. The van der Waals surface area contributed by atoms with Crippen LogP contribution in [0.2, 0.25) is 0 Å². The fourth-order valence-corrected chi connectivity index (χ4v) is 3.21. The van der Waals surface area contributed by atoms with Gasteiger partial charge in [-0.2, -0.15) is 0 Å². The van der Waals surface area contributed by atoms with Crippen molar-refractivity contribution in [3.8, 4) is 0 Å². The van der Waals surface area contributed by atoms with Crippen molar-refractivity contribution in [2.75, 3.05) is 19.7 Å². The largest absolute Gasteiger partial charge is 0.396 e. The summed E-state index contributed by atoms with van der Waals surface area (Å²) < 4.78 is 0. The highest BCUT2D eigenvalue weighted by Gasteiger charge is 2.27. The van der Waals surface area contributed by atoms with Crippen LogP contribution < -0.4 is 5.32 Å². The molecule has 0 aromatic carbocycles. The number of carbonyl (C=O) groups is 1. The number of hydrogen-bond donors (Lipinski definition) is 2. The van der Waals surface area contributed by atoms with Crippen LogP contribution in [0.5, 0.6) is 0 Å². The van der Waals surface area contributed by atoms with Gasteiger partial charge >= 0.3 is 6.03 Å². The molecular weight excluding hydrogens is 262 g/mol. The molecule has 1 aliphatic heterocycles. The second-order valence-electron chi connectivity index (χ2n) is 5.02. The van der Waals surface area contributed by atoms with Gasteiger partial charge in [0.05, 0.1) is 6.04 Å². The van der Waals surface area contributed by atoms with Crippen molar-refractivity contribution in [2.24, 2.45) is 5.92 Å². The van der Waals surface area contributed by atoms with Gasteiger partial charge in [-0.3, -0.25) is 0 Å². The summed E-state index contributed by atoms with van der Waals surface area (Å²) in [4.78, 5) is 18.4. The molecule has 2 unspecified atom stereocenters. The molecule has 1 aromatic heterocycles. The minimum atomic E-state index is -0.0457. The molecule has 6 heteroatoms. The zero-order valence-electron chi connectivity index (χ0n) is 11.4. The summed E-state index contributed by atoms with van der Waals surface area (Å²) in [6.07, 6.45) is 1.72. The lowest BCUT2D eigenvalue weighted by atomic mass is 10.1. The topological polar surface area (TPSA) is 65.5 Å². The number of aryl methyl sites for hydroxylation is 1. The number of nitrogens with zero attached hydrogens (tertiary/aromatic N) is 2. The standard InChI is InChI=1S/C13H21N3O2S/c1-3-11(12-14-9(2)8-19-12)15-13(18)16-5-4-10(6-16)7-17/h8,10-11,17H,3-7H2,1-2H3,(H,15,18). The predicted molar refractivity (Wildman–Crippen MR) is 75.2 cm³/mol. The molecule has 5 nitrogen and oxygen atoms in total. The highest BCUT2D eigenvalue weighted by atomic mass is 32.1. The number of likely N-dealkylation sites (tertiary alicyclic amines) is 1. The molecule has 0 radical (unpaired) electrons. The Morgan fingerprint density at radius 3 is 3.05 bits per heavy atom. The molecular formula is C13H21N3O2S. The van der Waals surface area contributed by atoms with Crippen molar-refractivity contribution in [3.63, 3.8) is 0 Å². The average molecular weight is 283 g/mol. The Labute approximate surface area is 117 Å². The molecule has 1 fully saturated rings. The highest BCUT2D eigenvalue weighted by molar-refractivity contribution is 7.09. The number of urea groups is 1. The van der Waals surface area contributed by atoms with E-state index in [2.05, 4.69) is 10.3 Å². The van der Waals surface area contributed by atoms with Crippen molar-refractivity contribution >= 4 is 17.4 Å². The van der Waals surface area contributed by atoms with E-state index in [4.69, 9.17) is 5.11 Å². The Bertz CT molecular complexity index is 435. The molecule has 1 aliphatic rings. The molecule has 2 heterocycles. The van der Waals surface area contributed by atoms with Crippen LogP contribution in [0.1, 0.15) is 36.5 Å². The average Bonchev–Trinajstić information content (AvgIpc) is 3.04. The molecule has 0 saturated carbocycles. The van der Waals surface area contributed by atoms with Gasteiger partial charge in [-0.15, -0.1) is 11.3 Å². The summed E-state index contributed by atoms with van der Waals surface area (Å²) in [5.74, 6) is 0.230. The van der Waals surface area contributed by atoms with Gasteiger partial charge < -0.3 is 15.3 Å². The first kappa shape index (κ1) is 14.3. The third kappa shape index (κ3) is 3.45. The Morgan fingerprint density at radius 2 is 2.53 bits per heavy atom. The first-order valence-electron chi connectivity index (χ1n) is 6.72. The van der Waals surface area contributed by atoms with E-state index in [1.165, 1.54) is 0 Å². The van der Waals surface area contributed by atoms with E-state index in [0.29, 0.717) is 6.54 Å². The molecule has 0 bridgehead atoms. The Kier molecular flexibility index (Phi) is 4.76. The highest BCUT2D eigenvalue weighted by Crippen LogP contribution is 2.22. The molecule has 2 atom stereocenters. The molecule has 1 saturated heterocycles. The van der Waals surface area contributed by atoms with Gasteiger partial charge in [-0.05, 0) is 19.8 Å². The summed E-state index contributed by atoms with van der Waals surface area (Å²) in [6, 6.07) is -0.0602. The van der Waals surface area contributed by atoms with Crippen molar-refractivity contribution in [1.29, 1.82) is 0 Å². The summed E-state index contributed by atoms with van der Waals surface area (Å²) >= 11 is 1.59. The minimum absolute atomic E-state index is 0.0145. The van der Waals surface area contributed by atoms with Crippen molar-refractivity contribution < 1.29 is 9.90 Å². The van der Waals surface area contributed by atoms with E-state index in [9.17, 15) is 4.79 Å². The first-order valence-corrected chi connectivity index (χ1v) is 7.60. The molecule has 106 valence electrons. The van der Waals surface area contributed by atoms with E-state index in [1.807, 2.05) is 19.2 Å². The molecule has 1 aromatic rings. The summed E-state index contributed by atoms with van der Waals surface area (Å²) in [5.41, 5.74) is 0.995. The van der Waals surface area contributed by atoms with Gasteiger partial charge in [0.25, 0.3) is 0 Å². The van der Waals surface area contributed by atoms with Crippen molar-refractivity contribution in [1.82, 2.24) is 15.2 Å². The second-order valence-corrected chi connectivity index (χ2v) is 5.91. The van der Waals surface area contributed by atoms with Gasteiger partial charge in [0.15, 0.2) is 0 Å². The summed E-state index contributed by atoms with van der Waals surface area (Å²) in [6.45, 7) is 5.54. The van der Waals surface area contributed by atoms with E-state index in [1.54, 1.807) is 16.2 Å². The number of rotatable bonds is 4. The second kappa shape index (κ2) is 6.34. The molecule has 0 aliphatic carbocycles. The maximum atomic E-state index is 12.2. The lowest BCUT2D eigenvalue weighted by Gasteiger charge is -2.21. The molecule has 2 amide bonds. The van der Waals surface area contributed by atoms with Crippen molar-refractivity contribution in [3.05, 3.63) is 16.1 Å². The molecule has 19 heavy (non-hydrogen) atoms. The van der Waals surface area contributed by atoms with Gasteiger partial charge in [0.1, 0.15) is 5.01 Å². The number of aromatic nitrogens is 1. The summed E-state index contributed by atoms with van der Waals surface area (Å²) in [5, 5.41) is 15.1. The van der Waals surface area contributed by atoms with Gasteiger partial charge in [0.2, 0.25) is 0 Å². The van der Waals surface area contributed by atoms with Crippen molar-refractivity contribution in [2.45, 2.75) is 32.7 Å². The van der Waals surface area contributed by atoms with E-state index < -0.39 is 0 Å². The number of amides is 2. The zero-order chi connectivity index (χ0) is 13.8. The number of carbonyl (C=O) groups excluding carboxylic acids is 1. The van der Waals surface area contributed by atoms with Crippen LogP contribution in [-0.2, 0) is 0 Å². The first-order chi connectivity index (χ1) is 9.13. The number of thiazole rings is 1.